The standard InChI is InChI=1S/C23H25N3O3/c1-28-20-10-7-17(8-11-20)9-12-21(27)26-15-13-19(14-16-26)23-24-22(25-29-23)18-5-3-2-4-6-18/h2-8,10-11,19H,9,12-16H2,1H3. The molecule has 0 bridgehead atoms. The van der Waals surface area contributed by atoms with Crippen LogP contribution < -0.4 is 4.74 Å². The van der Waals surface area contributed by atoms with Gasteiger partial charge in [0.05, 0.1) is 7.11 Å². The second-order valence-corrected chi connectivity index (χ2v) is 7.33. The number of benzene rings is 2. The van der Waals surface area contributed by atoms with Gasteiger partial charge in [0.15, 0.2) is 0 Å². The lowest BCUT2D eigenvalue weighted by Gasteiger charge is -2.30. The van der Waals surface area contributed by atoms with Crippen LogP contribution in [-0.4, -0.2) is 41.1 Å². The first kappa shape index (κ1) is 19.2. The predicted octanol–water partition coefficient (Wildman–Crippen LogP) is 4.08. The number of carbonyl (C=O) groups excluding carboxylic acids is 1. The Morgan fingerprint density at radius 1 is 1.10 bits per heavy atom. The monoisotopic (exact) mass is 391 g/mol. The zero-order chi connectivity index (χ0) is 20.1. The Balaban J connectivity index is 1.27. The molecule has 0 spiro atoms. The van der Waals surface area contributed by atoms with Crippen molar-refractivity contribution in [2.24, 2.45) is 0 Å². The molecule has 1 aliphatic rings. The summed E-state index contributed by atoms with van der Waals surface area (Å²) in [6, 6.07) is 17.7. The number of aromatic nitrogens is 2. The summed E-state index contributed by atoms with van der Waals surface area (Å²) < 4.78 is 10.7. The molecule has 150 valence electrons. The Kier molecular flexibility index (Phi) is 5.89. The van der Waals surface area contributed by atoms with E-state index >= 15 is 0 Å². The van der Waals surface area contributed by atoms with E-state index < -0.39 is 0 Å². The average Bonchev–Trinajstić information content (AvgIpc) is 3.29. The highest BCUT2D eigenvalue weighted by molar-refractivity contribution is 5.76. The van der Waals surface area contributed by atoms with Gasteiger partial charge in [0.2, 0.25) is 17.6 Å². The normalized spacial score (nSPS) is 14.7. The largest absolute Gasteiger partial charge is 0.497 e. The van der Waals surface area contributed by atoms with Crippen molar-refractivity contribution in [3.63, 3.8) is 0 Å². The molecule has 0 N–H and O–H groups in total. The first-order chi connectivity index (χ1) is 14.2. The van der Waals surface area contributed by atoms with Gasteiger partial charge < -0.3 is 14.2 Å². The smallest absolute Gasteiger partial charge is 0.230 e. The summed E-state index contributed by atoms with van der Waals surface area (Å²) in [4.78, 5) is 19.1. The lowest BCUT2D eigenvalue weighted by atomic mass is 9.96. The van der Waals surface area contributed by atoms with Crippen LogP contribution in [-0.2, 0) is 11.2 Å². The van der Waals surface area contributed by atoms with Crippen molar-refractivity contribution in [2.45, 2.75) is 31.6 Å². The zero-order valence-corrected chi connectivity index (χ0v) is 16.6. The van der Waals surface area contributed by atoms with E-state index in [-0.39, 0.29) is 11.8 Å². The van der Waals surface area contributed by atoms with Crippen LogP contribution in [0.2, 0.25) is 0 Å². The number of ether oxygens (including phenoxy) is 1. The number of amides is 1. The van der Waals surface area contributed by atoms with Crippen molar-refractivity contribution in [1.29, 1.82) is 0 Å². The molecular weight excluding hydrogens is 366 g/mol. The maximum Gasteiger partial charge on any atom is 0.230 e. The van der Waals surface area contributed by atoms with E-state index in [2.05, 4.69) is 10.1 Å². The molecule has 0 aliphatic carbocycles. The summed E-state index contributed by atoms with van der Waals surface area (Å²) >= 11 is 0. The van der Waals surface area contributed by atoms with Crippen LogP contribution in [0.3, 0.4) is 0 Å². The van der Waals surface area contributed by atoms with Crippen LogP contribution in [0, 0.1) is 0 Å². The third-order valence-electron chi connectivity index (χ3n) is 5.46. The summed E-state index contributed by atoms with van der Waals surface area (Å²) in [5, 5.41) is 4.12. The molecular formula is C23H25N3O3. The van der Waals surface area contributed by atoms with Crippen LogP contribution in [0.5, 0.6) is 5.75 Å². The highest BCUT2D eigenvalue weighted by Crippen LogP contribution is 2.29. The van der Waals surface area contributed by atoms with E-state index in [1.54, 1.807) is 7.11 Å². The molecule has 1 fully saturated rings. The highest BCUT2D eigenvalue weighted by Gasteiger charge is 2.27. The Morgan fingerprint density at radius 3 is 2.52 bits per heavy atom. The van der Waals surface area contributed by atoms with Gasteiger partial charge in [-0.2, -0.15) is 4.98 Å². The maximum atomic E-state index is 12.6. The number of piperidine rings is 1. The number of rotatable bonds is 6. The number of methoxy groups -OCH3 is 1. The molecule has 2 heterocycles. The first-order valence-corrected chi connectivity index (χ1v) is 10.0. The number of carbonyl (C=O) groups is 1. The Morgan fingerprint density at radius 2 is 1.83 bits per heavy atom. The van der Waals surface area contributed by atoms with Gasteiger partial charge >= 0.3 is 0 Å². The van der Waals surface area contributed by atoms with Gasteiger partial charge in [-0.1, -0.05) is 47.6 Å². The van der Waals surface area contributed by atoms with Crippen molar-refractivity contribution in [1.82, 2.24) is 15.0 Å². The van der Waals surface area contributed by atoms with Crippen LogP contribution >= 0.6 is 0 Å². The molecule has 4 rings (SSSR count). The minimum absolute atomic E-state index is 0.203. The Bertz CT molecular complexity index is 930. The van der Waals surface area contributed by atoms with Gasteiger partial charge in [-0.15, -0.1) is 0 Å². The first-order valence-electron chi connectivity index (χ1n) is 10.0. The summed E-state index contributed by atoms with van der Waals surface area (Å²) in [6.45, 7) is 1.46. The number of hydrogen-bond acceptors (Lipinski definition) is 5. The molecule has 6 heteroatoms. The van der Waals surface area contributed by atoms with E-state index in [1.807, 2.05) is 59.5 Å². The Labute approximate surface area is 170 Å². The SMILES string of the molecule is COc1ccc(CCC(=O)N2CCC(c3nc(-c4ccccc4)no3)CC2)cc1. The lowest BCUT2D eigenvalue weighted by Crippen LogP contribution is -2.38. The second kappa shape index (κ2) is 8.90. The zero-order valence-electron chi connectivity index (χ0n) is 16.6. The van der Waals surface area contributed by atoms with Crippen LogP contribution in [0.25, 0.3) is 11.4 Å². The van der Waals surface area contributed by atoms with Gasteiger partial charge in [0.25, 0.3) is 0 Å². The lowest BCUT2D eigenvalue weighted by molar-refractivity contribution is -0.132. The van der Waals surface area contributed by atoms with Gasteiger partial charge in [0.1, 0.15) is 5.75 Å². The summed E-state index contributed by atoms with van der Waals surface area (Å²) in [6.07, 6.45) is 2.97. The molecule has 1 aliphatic heterocycles. The van der Waals surface area contributed by atoms with Crippen molar-refractivity contribution in [2.75, 3.05) is 20.2 Å². The molecule has 0 radical (unpaired) electrons. The third kappa shape index (κ3) is 4.65. The van der Waals surface area contributed by atoms with Crippen molar-refractivity contribution in [3.05, 3.63) is 66.1 Å². The van der Waals surface area contributed by atoms with E-state index in [9.17, 15) is 4.79 Å². The molecule has 2 aromatic carbocycles. The topological polar surface area (TPSA) is 68.5 Å². The minimum Gasteiger partial charge on any atom is -0.497 e. The maximum absolute atomic E-state index is 12.6. The van der Waals surface area contributed by atoms with Crippen LogP contribution in [0.4, 0.5) is 0 Å². The van der Waals surface area contributed by atoms with Gasteiger partial charge in [-0.3, -0.25) is 4.79 Å². The van der Waals surface area contributed by atoms with Crippen molar-refractivity contribution < 1.29 is 14.1 Å². The molecule has 29 heavy (non-hydrogen) atoms. The minimum atomic E-state index is 0.203. The fourth-order valence-corrected chi connectivity index (χ4v) is 3.68. The molecule has 1 amide bonds. The second-order valence-electron chi connectivity index (χ2n) is 7.33. The molecule has 6 nitrogen and oxygen atoms in total. The molecule has 0 unspecified atom stereocenters. The fraction of sp³-hybridized carbons (Fsp3) is 0.348. The molecule has 0 atom stereocenters. The number of likely N-dealkylation sites (tertiary alicyclic amines) is 1. The molecule has 1 saturated heterocycles. The van der Waals surface area contributed by atoms with Gasteiger partial charge in [-0.05, 0) is 37.0 Å². The van der Waals surface area contributed by atoms with Crippen LogP contribution in [0.15, 0.2) is 59.1 Å². The highest BCUT2D eigenvalue weighted by atomic mass is 16.5. The summed E-state index contributed by atoms with van der Waals surface area (Å²) in [5.74, 6) is 2.55. The Hall–Kier alpha value is -3.15. The number of nitrogens with zero attached hydrogens (tertiary/aromatic N) is 3. The van der Waals surface area contributed by atoms with Crippen LogP contribution in [0.1, 0.15) is 36.6 Å². The van der Waals surface area contributed by atoms with Crippen molar-refractivity contribution in [3.8, 4) is 17.1 Å². The molecule has 1 aromatic heterocycles. The van der Waals surface area contributed by atoms with E-state index in [4.69, 9.17) is 9.26 Å². The number of aryl methyl sites for hydroxylation is 1. The quantitative estimate of drug-likeness (QED) is 0.633. The molecule has 3 aromatic rings. The molecule has 0 saturated carbocycles. The average molecular weight is 391 g/mol. The van der Waals surface area contributed by atoms with E-state index in [1.165, 1.54) is 0 Å². The van der Waals surface area contributed by atoms with E-state index in [0.29, 0.717) is 18.1 Å². The summed E-state index contributed by atoms with van der Waals surface area (Å²) in [5.41, 5.74) is 2.10. The summed E-state index contributed by atoms with van der Waals surface area (Å²) in [7, 11) is 1.65. The third-order valence-corrected chi connectivity index (χ3v) is 5.46. The van der Waals surface area contributed by atoms with E-state index in [0.717, 1.165) is 49.2 Å². The fourth-order valence-electron chi connectivity index (χ4n) is 3.68. The van der Waals surface area contributed by atoms with Gasteiger partial charge in [0, 0.05) is 31.0 Å². The van der Waals surface area contributed by atoms with Gasteiger partial charge in [-0.25, -0.2) is 0 Å². The number of hydrogen-bond donors (Lipinski definition) is 0. The predicted molar refractivity (Wildman–Crippen MR) is 110 cm³/mol. The van der Waals surface area contributed by atoms with Crippen molar-refractivity contribution >= 4 is 5.91 Å².